The zero-order valence-corrected chi connectivity index (χ0v) is 24.3. The molecule has 40 heavy (non-hydrogen) atoms. The van der Waals surface area contributed by atoms with E-state index in [2.05, 4.69) is 4.72 Å². The third-order valence-corrected chi connectivity index (χ3v) is 9.41. The van der Waals surface area contributed by atoms with Crippen molar-refractivity contribution in [2.45, 2.75) is 56.7 Å². The second-order valence-corrected chi connectivity index (χ2v) is 13.2. The fourth-order valence-electron chi connectivity index (χ4n) is 5.23. The SMILES string of the molecule is CC(C)[C@@H]1C[C@@H]([C@H](CN2CC(=O)N(c3ccccc3Cl)CC2(C)C)NS(=O)(=O)c2ccccc2[N+](=O)[O-])OC1=O. The first-order chi connectivity index (χ1) is 18.7. The number of para-hydroxylation sites is 2. The molecule has 2 aliphatic rings. The van der Waals surface area contributed by atoms with E-state index in [1.165, 1.54) is 12.1 Å². The topological polar surface area (TPSA) is 139 Å². The molecule has 2 saturated heterocycles. The number of ether oxygens (including phenoxy) is 1. The Bertz CT molecular complexity index is 1420. The van der Waals surface area contributed by atoms with Crippen LogP contribution in [0, 0.1) is 22.0 Å². The Balaban J connectivity index is 1.65. The second kappa shape index (κ2) is 11.4. The summed E-state index contributed by atoms with van der Waals surface area (Å²) in [7, 11) is -4.41. The van der Waals surface area contributed by atoms with Crippen molar-refractivity contribution in [1.82, 2.24) is 9.62 Å². The Labute approximate surface area is 238 Å². The highest BCUT2D eigenvalue weighted by Gasteiger charge is 2.46. The number of cyclic esters (lactones) is 1. The molecule has 2 aromatic rings. The minimum Gasteiger partial charge on any atom is -0.460 e. The van der Waals surface area contributed by atoms with Gasteiger partial charge in [-0.05, 0) is 44.4 Å². The van der Waals surface area contributed by atoms with Crippen LogP contribution in [0.3, 0.4) is 0 Å². The van der Waals surface area contributed by atoms with E-state index in [-0.39, 0.29) is 37.9 Å². The van der Waals surface area contributed by atoms with Gasteiger partial charge in [-0.1, -0.05) is 49.7 Å². The summed E-state index contributed by atoms with van der Waals surface area (Å²) in [6, 6.07) is 11.1. The van der Waals surface area contributed by atoms with Crippen molar-refractivity contribution in [2.24, 2.45) is 11.8 Å². The average molecular weight is 593 g/mol. The number of sulfonamides is 1. The molecule has 2 heterocycles. The number of hydrogen-bond acceptors (Lipinski definition) is 8. The van der Waals surface area contributed by atoms with Crippen molar-refractivity contribution in [1.29, 1.82) is 0 Å². The molecule has 0 saturated carbocycles. The van der Waals surface area contributed by atoms with Crippen LogP contribution < -0.4 is 9.62 Å². The van der Waals surface area contributed by atoms with Gasteiger partial charge >= 0.3 is 5.97 Å². The van der Waals surface area contributed by atoms with Crippen LogP contribution in [-0.4, -0.2) is 67.4 Å². The molecule has 0 bridgehead atoms. The summed E-state index contributed by atoms with van der Waals surface area (Å²) in [5, 5.41) is 12.0. The van der Waals surface area contributed by atoms with Crippen molar-refractivity contribution in [3.05, 3.63) is 63.7 Å². The Hall–Kier alpha value is -3.06. The van der Waals surface area contributed by atoms with E-state index < -0.39 is 55.1 Å². The van der Waals surface area contributed by atoms with Gasteiger partial charge in [0.1, 0.15) is 6.10 Å². The van der Waals surface area contributed by atoms with Crippen LogP contribution in [0.5, 0.6) is 0 Å². The van der Waals surface area contributed by atoms with E-state index in [0.717, 1.165) is 12.1 Å². The molecule has 0 aliphatic carbocycles. The number of nitro groups is 1. The lowest BCUT2D eigenvalue weighted by molar-refractivity contribution is -0.387. The van der Waals surface area contributed by atoms with Crippen LogP contribution in [-0.2, 0) is 24.3 Å². The molecule has 13 heteroatoms. The maximum Gasteiger partial charge on any atom is 0.309 e. The van der Waals surface area contributed by atoms with E-state index in [4.69, 9.17) is 16.3 Å². The summed E-state index contributed by atoms with van der Waals surface area (Å²) in [6.07, 6.45) is -0.556. The molecular formula is C27H33ClN4O7S. The van der Waals surface area contributed by atoms with Gasteiger partial charge in [0.15, 0.2) is 4.90 Å². The van der Waals surface area contributed by atoms with Gasteiger partial charge in [0, 0.05) is 24.7 Å². The number of benzene rings is 2. The Morgan fingerprint density at radius 1 is 1.15 bits per heavy atom. The number of halogens is 1. The van der Waals surface area contributed by atoms with Crippen molar-refractivity contribution in [2.75, 3.05) is 24.5 Å². The number of nitrogens with zero attached hydrogens (tertiary/aromatic N) is 3. The molecule has 2 aliphatic heterocycles. The monoisotopic (exact) mass is 592 g/mol. The molecule has 1 N–H and O–H groups in total. The van der Waals surface area contributed by atoms with Gasteiger partial charge in [-0.15, -0.1) is 0 Å². The number of hydrogen-bond donors (Lipinski definition) is 1. The summed E-state index contributed by atoms with van der Waals surface area (Å²) in [5.74, 6) is -1.10. The number of carbonyl (C=O) groups is 2. The van der Waals surface area contributed by atoms with Crippen molar-refractivity contribution < 1.29 is 27.7 Å². The highest BCUT2D eigenvalue weighted by Crippen LogP contribution is 2.34. The highest BCUT2D eigenvalue weighted by atomic mass is 35.5. The van der Waals surface area contributed by atoms with Crippen LogP contribution in [0.25, 0.3) is 0 Å². The molecule has 1 amide bonds. The molecule has 0 radical (unpaired) electrons. The number of esters is 1. The van der Waals surface area contributed by atoms with Gasteiger partial charge in [-0.2, -0.15) is 0 Å². The van der Waals surface area contributed by atoms with Crippen LogP contribution >= 0.6 is 11.6 Å². The van der Waals surface area contributed by atoms with E-state index in [1.807, 2.05) is 32.6 Å². The van der Waals surface area contributed by atoms with Crippen LogP contribution in [0.15, 0.2) is 53.4 Å². The molecule has 3 atom stereocenters. The molecule has 11 nitrogen and oxygen atoms in total. The smallest absolute Gasteiger partial charge is 0.309 e. The number of anilines is 1. The number of carbonyl (C=O) groups excluding carboxylic acids is 2. The van der Waals surface area contributed by atoms with Gasteiger partial charge in [0.25, 0.3) is 5.69 Å². The zero-order valence-electron chi connectivity index (χ0n) is 22.7. The van der Waals surface area contributed by atoms with Gasteiger partial charge in [-0.3, -0.25) is 24.6 Å². The number of nitrogens with one attached hydrogen (secondary N) is 1. The molecule has 0 aromatic heterocycles. The first-order valence-electron chi connectivity index (χ1n) is 13.0. The van der Waals surface area contributed by atoms with E-state index in [1.54, 1.807) is 29.2 Å². The van der Waals surface area contributed by atoms with Crippen LogP contribution in [0.1, 0.15) is 34.1 Å². The van der Waals surface area contributed by atoms with Crippen LogP contribution in [0.4, 0.5) is 11.4 Å². The maximum atomic E-state index is 13.5. The third-order valence-electron chi connectivity index (χ3n) is 7.56. The second-order valence-electron chi connectivity index (χ2n) is 11.1. The Kier molecular flexibility index (Phi) is 8.55. The molecule has 4 rings (SSSR count). The lowest BCUT2D eigenvalue weighted by Gasteiger charge is -2.48. The number of rotatable bonds is 9. The summed E-state index contributed by atoms with van der Waals surface area (Å²) < 4.78 is 35.2. The third kappa shape index (κ3) is 6.14. The van der Waals surface area contributed by atoms with Gasteiger partial charge in [0.2, 0.25) is 15.9 Å². The Morgan fingerprint density at radius 2 is 1.80 bits per heavy atom. The van der Waals surface area contributed by atoms with Crippen molar-refractivity contribution in [3.8, 4) is 0 Å². The molecule has 2 aromatic carbocycles. The normalized spacial score (nSPS) is 22.4. The molecule has 216 valence electrons. The minimum absolute atomic E-state index is 0.0255. The van der Waals surface area contributed by atoms with Crippen LogP contribution in [0.2, 0.25) is 5.02 Å². The van der Waals surface area contributed by atoms with Gasteiger partial charge in [0.05, 0.1) is 34.1 Å². The fourth-order valence-corrected chi connectivity index (χ4v) is 6.89. The quantitative estimate of drug-likeness (QED) is 0.265. The minimum atomic E-state index is -4.41. The van der Waals surface area contributed by atoms with E-state index >= 15 is 0 Å². The van der Waals surface area contributed by atoms with E-state index in [0.29, 0.717) is 10.7 Å². The summed E-state index contributed by atoms with van der Waals surface area (Å²) in [6.45, 7) is 7.88. The van der Waals surface area contributed by atoms with E-state index in [9.17, 15) is 28.1 Å². The predicted molar refractivity (Wildman–Crippen MR) is 149 cm³/mol. The highest BCUT2D eigenvalue weighted by molar-refractivity contribution is 7.89. The molecular weight excluding hydrogens is 560 g/mol. The standard InChI is InChI=1S/C27H33ClN4O7S/c1-17(2)18-13-23(39-26(18)34)20(29-40(37,38)24-12-8-7-11-22(24)32(35)36)14-30-15-25(33)31(16-27(30,3)4)21-10-6-5-9-19(21)28/h5-12,17-18,20,23,29H,13-16H2,1-4H3/t18-,20-,23-/m0/s1. The molecule has 2 fully saturated rings. The van der Waals surface area contributed by atoms with Gasteiger partial charge < -0.3 is 9.64 Å². The summed E-state index contributed by atoms with van der Waals surface area (Å²) in [5.41, 5.74) is -0.614. The van der Waals surface area contributed by atoms with Crippen molar-refractivity contribution in [3.63, 3.8) is 0 Å². The summed E-state index contributed by atoms with van der Waals surface area (Å²) >= 11 is 6.36. The lowest BCUT2D eigenvalue weighted by Crippen LogP contribution is -2.65. The zero-order chi connectivity index (χ0) is 29.4. The molecule has 0 unspecified atom stereocenters. The first-order valence-corrected chi connectivity index (χ1v) is 14.8. The number of nitro benzene ring substituents is 1. The summed E-state index contributed by atoms with van der Waals surface area (Å²) in [4.78, 5) is 39.7. The number of amides is 1. The average Bonchev–Trinajstić information content (AvgIpc) is 3.28. The molecule has 0 spiro atoms. The maximum absolute atomic E-state index is 13.5. The number of piperazine rings is 1. The van der Waals surface area contributed by atoms with Gasteiger partial charge in [-0.25, -0.2) is 13.1 Å². The Morgan fingerprint density at radius 3 is 2.42 bits per heavy atom. The first kappa shape index (κ1) is 29.9. The predicted octanol–water partition coefficient (Wildman–Crippen LogP) is 3.61. The fraction of sp³-hybridized carbons (Fsp3) is 0.481. The van der Waals surface area contributed by atoms with Crippen molar-refractivity contribution >= 4 is 44.9 Å². The largest absolute Gasteiger partial charge is 0.460 e. The lowest BCUT2D eigenvalue weighted by atomic mass is 9.90.